The smallest absolute Gasteiger partial charge is 0.225 e. The maximum absolute atomic E-state index is 5.49. The van der Waals surface area contributed by atoms with Crippen LogP contribution < -0.4 is 4.90 Å². The van der Waals surface area contributed by atoms with Crippen molar-refractivity contribution in [3.8, 4) is 0 Å². The first-order chi connectivity index (χ1) is 12.3. The van der Waals surface area contributed by atoms with Crippen LogP contribution in [0, 0.1) is 5.41 Å². The second-order valence-electron chi connectivity index (χ2n) is 7.35. The molecule has 1 spiro atoms. The number of rotatable bonds is 5. The molecule has 2 aliphatic heterocycles. The molecule has 6 nitrogen and oxygen atoms in total. The van der Waals surface area contributed by atoms with Crippen LogP contribution in [0.2, 0.25) is 0 Å². The number of furan rings is 1. The van der Waals surface area contributed by atoms with Crippen LogP contribution in [-0.4, -0.2) is 54.3 Å². The highest BCUT2D eigenvalue weighted by Crippen LogP contribution is 2.44. The van der Waals surface area contributed by atoms with Crippen LogP contribution in [-0.2, 0) is 11.3 Å². The van der Waals surface area contributed by atoms with E-state index in [-0.39, 0.29) is 0 Å². The first-order valence-corrected chi connectivity index (χ1v) is 9.05. The molecule has 2 saturated heterocycles. The first-order valence-electron chi connectivity index (χ1n) is 9.05. The molecule has 6 heteroatoms. The van der Waals surface area contributed by atoms with Gasteiger partial charge in [0.15, 0.2) is 0 Å². The largest absolute Gasteiger partial charge is 0.468 e. The van der Waals surface area contributed by atoms with Gasteiger partial charge in [0.05, 0.1) is 25.5 Å². The molecule has 0 bridgehead atoms. The van der Waals surface area contributed by atoms with E-state index in [4.69, 9.17) is 9.15 Å². The zero-order chi connectivity index (χ0) is 17.1. The van der Waals surface area contributed by atoms with Crippen LogP contribution in [0.1, 0.15) is 25.0 Å². The van der Waals surface area contributed by atoms with E-state index in [2.05, 4.69) is 25.8 Å². The normalized spacial score (nSPS) is 23.4. The van der Waals surface area contributed by atoms with E-state index >= 15 is 0 Å². The van der Waals surface area contributed by atoms with Gasteiger partial charge in [-0.15, -0.1) is 0 Å². The summed E-state index contributed by atoms with van der Waals surface area (Å²) in [6, 6.07) is 6.26. The summed E-state index contributed by atoms with van der Waals surface area (Å²) in [5, 5.41) is 0. The SMILES string of the molecule is COC[C@H]1CC2(CCN(Cc3ccco3)CC2)CN1c1ncccn1. The van der Waals surface area contributed by atoms with Crippen LogP contribution in [0.15, 0.2) is 41.3 Å². The Bertz CT molecular complexity index is 653. The molecule has 0 aromatic carbocycles. The van der Waals surface area contributed by atoms with E-state index in [0.717, 1.165) is 50.9 Å². The number of hydrogen-bond donors (Lipinski definition) is 0. The molecule has 0 amide bonds. The zero-order valence-corrected chi connectivity index (χ0v) is 14.8. The molecule has 2 fully saturated rings. The van der Waals surface area contributed by atoms with Crippen LogP contribution in [0.3, 0.4) is 0 Å². The van der Waals surface area contributed by atoms with Gasteiger partial charge in [-0.25, -0.2) is 9.97 Å². The molecule has 25 heavy (non-hydrogen) atoms. The molecule has 2 aliphatic rings. The fraction of sp³-hybridized carbons (Fsp3) is 0.579. The molecule has 0 aliphatic carbocycles. The highest BCUT2D eigenvalue weighted by Gasteiger charge is 2.46. The summed E-state index contributed by atoms with van der Waals surface area (Å²) in [4.78, 5) is 13.8. The Morgan fingerprint density at radius 3 is 2.72 bits per heavy atom. The lowest BCUT2D eigenvalue weighted by atomic mass is 9.76. The fourth-order valence-corrected chi connectivity index (χ4v) is 4.35. The van der Waals surface area contributed by atoms with Crippen molar-refractivity contribution in [3.05, 3.63) is 42.6 Å². The van der Waals surface area contributed by atoms with E-state index in [0.29, 0.717) is 11.5 Å². The van der Waals surface area contributed by atoms with Crippen molar-refractivity contribution in [2.45, 2.75) is 31.8 Å². The minimum atomic E-state index is 0.349. The van der Waals surface area contributed by atoms with Crippen molar-refractivity contribution in [1.82, 2.24) is 14.9 Å². The number of likely N-dealkylation sites (tertiary alicyclic amines) is 1. The van der Waals surface area contributed by atoms with Crippen LogP contribution in [0.4, 0.5) is 5.95 Å². The summed E-state index contributed by atoms with van der Waals surface area (Å²) < 4.78 is 11.0. The third-order valence-electron chi connectivity index (χ3n) is 5.66. The van der Waals surface area contributed by atoms with Gasteiger partial charge in [0.1, 0.15) is 5.76 Å². The monoisotopic (exact) mass is 342 g/mol. The third kappa shape index (κ3) is 3.55. The van der Waals surface area contributed by atoms with Crippen molar-refractivity contribution in [1.29, 1.82) is 0 Å². The Hall–Kier alpha value is -1.92. The van der Waals surface area contributed by atoms with Gasteiger partial charge in [-0.2, -0.15) is 0 Å². The summed E-state index contributed by atoms with van der Waals surface area (Å²) in [5.74, 6) is 1.89. The minimum Gasteiger partial charge on any atom is -0.468 e. The molecule has 134 valence electrons. The van der Waals surface area contributed by atoms with Gasteiger partial charge in [-0.1, -0.05) is 0 Å². The predicted molar refractivity (Wildman–Crippen MR) is 95.3 cm³/mol. The van der Waals surface area contributed by atoms with Crippen LogP contribution >= 0.6 is 0 Å². The van der Waals surface area contributed by atoms with Gasteiger partial charge < -0.3 is 14.1 Å². The average molecular weight is 342 g/mol. The number of aromatic nitrogens is 2. The first kappa shape index (κ1) is 16.5. The molecule has 0 unspecified atom stereocenters. The number of nitrogens with zero attached hydrogens (tertiary/aromatic N) is 4. The Morgan fingerprint density at radius 2 is 2.04 bits per heavy atom. The standard InChI is InChI=1S/C19H26N4O2/c1-24-14-16-12-19(15-23(16)18-20-7-3-8-21-18)5-9-22(10-6-19)13-17-4-2-11-25-17/h2-4,7-8,11,16H,5-6,9-10,12-15H2,1H3/t16-/m1/s1. The Kier molecular flexibility index (Phi) is 4.72. The Balaban J connectivity index is 1.42. The lowest BCUT2D eigenvalue weighted by molar-refractivity contribution is 0.101. The highest BCUT2D eigenvalue weighted by atomic mass is 16.5. The predicted octanol–water partition coefficient (Wildman–Crippen LogP) is 2.58. The molecule has 0 radical (unpaired) electrons. The van der Waals surface area contributed by atoms with E-state index in [1.54, 1.807) is 13.4 Å². The van der Waals surface area contributed by atoms with Crippen molar-refractivity contribution in [3.63, 3.8) is 0 Å². The van der Waals surface area contributed by atoms with E-state index in [9.17, 15) is 0 Å². The molecule has 1 atom stereocenters. The summed E-state index contributed by atoms with van der Waals surface area (Å²) >= 11 is 0. The van der Waals surface area contributed by atoms with Crippen molar-refractivity contribution >= 4 is 5.95 Å². The number of hydrogen-bond acceptors (Lipinski definition) is 6. The van der Waals surface area contributed by atoms with Gasteiger partial charge in [-0.05, 0) is 56.0 Å². The summed E-state index contributed by atoms with van der Waals surface area (Å²) in [7, 11) is 1.78. The van der Waals surface area contributed by atoms with Gasteiger partial charge in [0.2, 0.25) is 5.95 Å². The quantitative estimate of drug-likeness (QED) is 0.832. The number of anilines is 1. The molecule has 0 N–H and O–H groups in total. The lowest BCUT2D eigenvalue weighted by Crippen LogP contribution is -2.41. The second-order valence-corrected chi connectivity index (χ2v) is 7.35. The maximum Gasteiger partial charge on any atom is 0.225 e. The number of piperidine rings is 1. The van der Waals surface area contributed by atoms with Gasteiger partial charge in [0, 0.05) is 26.0 Å². The summed E-state index contributed by atoms with van der Waals surface area (Å²) in [6.45, 7) is 4.90. The van der Waals surface area contributed by atoms with E-state index < -0.39 is 0 Å². The van der Waals surface area contributed by atoms with Gasteiger partial charge in [0.25, 0.3) is 0 Å². The van der Waals surface area contributed by atoms with Crippen LogP contribution in [0.5, 0.6) is 0 Å². The Morgan fingerprint density at radius 1 is 1.24 bits per heavy atom. The minimum absolute atomic E-state index is 0.349. The molecular formula is C19H26N4O2. The van der Waals surface area contributed by atoms with Crippen molar-refractivity contribution < 1.29 is 9.15 Å². The van der Waals surface area contributed by atoms with E-state index in [1.165, 1.54) is 12.8 Å². The zero-order valence-electron chi connectivity index (χ0n) is 14.8. The molecule has 4 heterocycles. The average Bonchev–Trinajstić information content (AvgIpc) is 3.27. The molecule has 2 aromatic rings. The van der Waals surface area contributed by atoms with E-state index in [1.807, 2.05) is 24.5 Å². The maximum atomic E-state index is 5.49. The molecule has 4 rings (SSSR count). The lowest BCUT2D eigenvalue weighted by Gasteiger charge is -2.38. The summed E-state index contributed by atoms with van der Waals surface area (Å²) in [5.41, 5.74) is 0.349. The number of ether oxygens (including phenoxy) is 1. The van der Waals surface area contributed by atoms with Gasteiger partial charge in [-0.3, -0.25) is 4.90 Å². The summed E-state index contributed by atoms with van der Waals surface area (Å²) in [6.07, 6.45) is 8.97. The topological polar surface area (TPSA) is 54.6 Å². The highest BCUT2D eigenvalue weighted by molar-refractivity contribution is 5.35. The number of methoxy groups -OCH3 is 1. The molecular weight excluding hydrogens is 316 g/mol. The molecule has 2 aromatic heterocycles. The second kappa shape index (κ2) is 7.14. The fourth-order valence-electron chi connectivity index (χ4n) is 4.35. The van der Waals surface area contributed by atoms with Crippen LogP contribution in [0.25, 0.3) is 0 Å². The van der Waals surface area contributed by atoms with Crippen molar-refractivity contribution in [2.75, 3.05) is 38.3 Å². The molecule has 0 saturated carbocycles. The third-order valence-corrected chi connectivity index (χ3v) is 5.66. The Labute approximate surface area is 148 Å². The van der Waals surface area contributed by atoms with Crippen molar-refractivity contribution in [2.24, 2.45) is 5.41 Å². The van der Waals surface area contributed by atoms with Gasteiger partial charge >= 0.3 is 0 Å².